The van der Waals surface area contributed by atoms with E-state index in [0.29, 0.717) is 5.41 Å². The van der Waals surface area contributed by atoms with Crippen LogP contribution < -0.4 is 0 Å². The zero-order chi connectivity index (χ0) is 12.7. The Labute approximate surface area is 113 Å². The van der Waals surface area contributed by atoms with Crippen LogP contribution in [0.1, 0.15) is 39.5 Å². The van der Waals surface area contributed by atoms with Gasteiger partial charge in [0, 0.05) is 12.8 Å². The third kappa shape index (κ3) is 4.17. The molecule has 0 spiro atoms. The summed E-state index contributed by atoms with van der Waals surface area (Å²) in [5.74, 6) is 1.99. The smallest absolute Gasteiger partial charge is 0.209 e. The second-order valence-electron chi connectivity index (χ2n) is 4.53. The van der Waals surface area contributed by atoms with Gasteiger partial charge < -0.3 is 0 Å². The molecule has 0 radical (unpaired) electrons. The normalized spacial score (nSPS) is 12.0. The number of hydrogen-bond donors (Lipinski definition) is 1. The third-order valence-corrected chi connectivity index (χ3v) is 5.02. The van der Waals surface area contributed by atoms with Crippen LogP contribution in [-0.4, -0.2) is 31.7 Å². The van der Waals surface area contributed by atoms with Gasteiger partial charge in [0.1, 0.15) is 0 Å². The fourth-order valence-electron chi connectivity index (χ4n) is 2.09. The van der Waals surface area contributed by atoms with Crippen molar-refractivity contribution in [3.63, 3.8) is 0 Å². The second-order valence-corrected chi connectivity index (χ2v) is 5.79. The quantitative estimate of drug-likeness (QED) is 0.585. The fourth-order valence-corrected chi connectivity index (χ4v) is 3.82. The number of hydrogen-bond acceptors (Lipinski definition) is 5. The number of thioether (sulfide) groups is 1. The molecule has 4 nitrogen and oxygen atoms in total. The maximum absolute atomic E-state index is 4.55. The van der Waals surface area contributed by atoms with Gasteiger partial charge in [-0.15, -0.1) is 5.10 Å². The standard InChI is InChI=1S/C11H22N4S2/c1-4-6-11(8-16,7-5-2)9-17-10-12-13-14-15(10)3/h16H,4-9H2,1-3H3. The van der Waals surface area contributed by atoms with Gasteiger partial charge in [-0.25, -0.2) is 4.68 Å². The molecule has 0 aromatic carbocycles. The first-order chi connectivity index (χ1) is 8.17. The summed E-state index contributed by atoms with van der Waals surface area (Å²) in [4.78, 5) is 0. The summed E-state index contributed by atoms with van der Waals surface area (Å²) in [6.45, 7) is 4.48. The van der Waals surface area contributed by atoms with Crippen LogP contribution in [0.4, 0.5) is 0 Å². The first-order valence-electron chi connectivity index (χ1n) is 6.13. The van der Waals surface area contributed by atoms with Gasteiger partial charge in [0.2, 0.25) is 5.16 Å². The minimum Gasteiger partial charge on any atom is -0.224 e. The maximum Gasteiger partial charge on any atom is 0.209 e. The van der Waals surface area contributed by atoms with E-state index in [-0.39, 0.29) is 0 Å². The van der Waals surface area contributed by atoms with E-state index < -0.39 is 0 Å². The van der Waals surface area contributed by atoms with Crippen LogP contribution >= 0.6 is 24.4 Å². The lowest BCUT2D eigenvalue weighted by Gasteiger charge is -2.31. The highest BCUT2D eigenvalue weighted by Crippen LogP contribution is 2.36. The van der Waals surface area contributed by atoms with Crippen LogP contribution in [-0.2, 0) is 7.05 Å². The zero-order valence-electron chi connectivity index (χ0n) is 10.9. The van der Waals surface area contributed by atoms with Crippen LogP contribution in [0.3, 0.4) is 0 Å². The van der Waals surface area contributed by atoms with Crippen molar-refractivity contribution in [1.82, 2.24) is 20.2 Å². The molecule has 17 heavy (non-hydrogen) atoms. The Kier molecular flexibility index (Phi) is 6.33. The molecule has 0 aliphatic heterocycles. The van der Waals surface area contributed by atoms with E-state index in [4.69, 9.17) is 0 Å². The summed E-state index contributed by atoms with van der Waals surface area (Å²) in [5, 5.41) is 12.4. The van der Waals surface area contributed by atoms with Crippen molar-refractivity contribution in [3.05, 3.63) is 0 Å². The van der Waals surface area contributed by atoms with Gasteiger partial charge in [0.05, 0.1) is 0 Å². The molecule has 98 valence electrons. The molecule has 0 aliphatic rings. The van der Waals surface area contributed by atoms with E-state index in [2.05, 4.69) is 42.0 Å². The van der Waals surface area contributed by atoms with Crippen LogP contribution in [0, 0.1) is 5.41 Å². The summed E-state index contributed by atoms with van der Waals surface area (Å²) in [6.07, 6.45) is 4.86. The van der Waals surface area contributed by atoms with E-state index in [9.17, 15) is 0 Å². The minimum atomic E-state index is 0.323. The highest BCUT2D eigenvalue weighted by molar-refractivity contribution is 7.99. The van der Waals surface area contributed by atoms with Crippen molar-refractivity contribution < 1.29 is 0 Å². The molecule has 0 N–H and O–H groups in total. The Morgan fingerprint density at radius 2 is 1.94 bits per heavy atom. The van der Waals surface area contributed by atoms with Gasteiger partial charge >= 0.3 is 0 Å². The van der Waals surface area contributed by atoms with E-state index in [1.807, 2.05) is 7.05 Å². The van der Waals surface area contributed by atoms with Crippen molar-refractivity contribution in [3.8, 4) is 0 Å². The topological polar surface area (TPSA) is 43.6 Å². The molecular formula is C11H22N4S2. The highest BCUT2D eigenvalue weighted by atomic mass is 32.2. The molecular weight excluding hydrogens is 252 g/mol. The van der Waals surface area contributed by atoms with Gasteiger partial charge in [-0.3, -0.25) is 0 Å². The largest absolute Gasteiger partial charge is 0.224 e. The average Bonchev–Trinajstić information content (AvgIpc) is 2.72. The molecule has 0 saturated heterocycles. The number of nitrogens with zero attached hydrogens (tertiary/aromatic N) is 4. The highest BCUT2D eigenvalue weighted by Gasteiger charge is 2.27. The lowest BCUT2D eigenvalue weighted by atomic mass is 9.83. The third-order valence-electron chi connectivity index (χ3n) is 2.98. The molecule has 1 rings (SSSR count). The molecule has 0 amide bonds. The lowest BCUT2D eigenvalue weighted by molar-refractivity contribution is 0.318. The summed E-state index contributed by atoms with van der Waals surface area (Å²) < 4.78 is 1.73. The second kappa shape index (κ2) is 7.26. The number of thiol groups is 1. The molecule has 0 atom stereocenters. The summed E-state index contributed by atoms with van der Waals surface area (Å²) in [7, 11) is 1.88. The Bertz CT molecular complexity index is 321. The van der Waals surface area contributed by atoms with Crippen LogP contribution in [0.2, 0.25) is 0 Å². The van der Waals surface area contributed by atoms with Crippen LogP contribution in [0.25, 0.3) is 0 Å². The molecule has 1 aromatic heterocycles. The van der Waals surface area contributed by atoms with Crippen molar-refractivity contribution in [1.29, 1.82) is 0 Å². The minimum absolute atomic E-state index is 0.323. The average molecular weight is 274 g/mol. The van der Waals surface area contributed by atoms with E-state index in [1.54, 1.807) is 16.4 Å². The SMILES string of the molecule is CCCC(CS)(CCC)CSc1nnnn1C. The Morgan fingerprint density at radius 1 is 1.29 bits per heavy atom. The maximum atomic E-state index is 4.55. The van der Waals surface area contributed by atoms with E-state index >= 15 is 0 Å². The summed E-state index contributed by atoms with van der Waals surface area (Å²) in [6, 6.07) is 0. The van der Waals surface area contributed by atoms with Crippen molar-refractivity contribution in [2.24, 2.45) is 12.5 Å². The van der Waals surface area contributed by atoms with E-state index in [0.717, 1.165) is 16.7 Å². The molecule has 0 saturated carbocycles. The van der Waals surface area contributed by atoms with Crippen LogP contribution in [0.5, 0.6) is 0 Å². The Morgan fingerprint density at radius 3 is 2.35 bits per heavy atom. The molecule has 0 aliphatic carbocycles. The monoisotopic (exact) mass is 274 g/mol. The Balaban J connectivity index is 2.62. The van der Waals surface area contributed by atoms with Gasteiger partial charge in [0.15, 0.2) is 0 Å². The van der Waals surface area contributed by atoms with Crippen molar-refractivity contribution in [2.45, 2.75) is 44.7 Å². The summed E-state index contributed by atoms with van der Waals surface area (Å²) in [5.41, 5.74) is 0.323. The first kappa shape index (κ1) is 14.8. The first-order valence-corrected chi connectivity index (χ1v) is 7.75. The molecule has 1 aromatic rings. The lowest BCUT2D eigenvalue weighted by Crippen LogP contribution is -2.26. The van der Waals surface area contributed by atoms with Crippen molar-refractivity contribution in [2.75, 3.05) is 11.5 Å². The Hall–Kier alpha value is -0.230. The predicted octanol–water partition coefficient (Wildman–Crippen LogP) is 2.82. The van der Waals surface area contributed by atoms with Crippen molar-refractivity contribution >= 4 is 24.4 Å². The number of aromatic nitrogens is 4. The van der Waals surface area contributed by atoms with Gasteiger partial charge in [-0.1, -0.05) is 38.5 Å². The molecule has 0 fully saturated rings. The van der Waals surface area contributed by atoms with Crippen LogP contribution in [0.15, 0.2) is 5.16 Å². The molecule has 0 bridgehead atoms. The van der Waals surface area contributed by atoms with Gasteiger partial charge in [-0.05, 0) is 34.4 Å². The predicted molar refractivity (Wildman–Crippen MR) is 75.6 cm³/mol. The van der Waals surface area contributed by atoms with E-state index in [1.165, 1.54) is 25.7 Å². The van der Waals surface area contributed by atoms with Gasteiger partial charge in [-0.2, -0.15) is 12.6 Å². The molecule has 1 heterocycles. The molecule has 6 heteroatoms. The number of aryl methyl sites for hydroxylation is 1. The van der Waals surface area contributed by atoms with Gasteiger partial charge in [0.25, 0.3) is 0 Å². The fraction of sp³-hybridized carbons (Fsp3) is 0.909. The zero-order valence-corrected chi connectivity index (χ0v) is 12.6. The number of rotatable bonds is 8. The molecule has 0 unspecified atom stereocenters. The number of tetrazole rings is 1. The summed E-state index contributed by atoms with van der Waals surface area (Å²) >= 11 is 6.30.